The molecule has 2 N–H and O–H groups in total. The Morgan fingerprint density at radius 1 is 0.882 bits per heavy atom. The predicted molar refractivity (Wildman–Crippen MR) is 122 cm³/mol. The van der Waals surface area contributed by atoms with Crippen LogP contribution in [0.2, 0.25) is 0 Å². The van der Waals surface area contributed by atoms with E-state index in [9.17, 15) is 18.4 Å². The number of halogens is 2. The van der Waals surface area contributed by atoms with Crippen molar-refractivity contribution in [3.05, 3.63) is 90.0 Å². The van der Waals surface area contributed by atoms with Gasteiger partial charge in [0.25, 0.3) is 0 Å². The summed E-state index contributed by atoms with van der Waals surface area (Å²) in [6, 6.07) is 21.3. The molecule has 0 aromatic heterocycles. The molecule has 0 heterocycles. The maximum atomic E-state index is 13.0. The Balaban J connectivity index is 1.72. The lowest BCUT2D eigenvalue weighted by Gasteiger charge is -2.19. The van der Waals surface area contributed by atoms with Gasteiger partial charge in [-0.1, -0.05) is 60.7 Å². The van der Waals surface area contributed by atoms with Crippen LogP contribution in [0.3, 0.4) is 0 Å². The average Bonchev–Trinajstić information content (AvgIpc) is 2.83. The molecule has 3 aromatic rings. The van der Waals surface area contributed by atoms with Crippen molar-refractivity contribution in [2.24, 2.45) is 0 Å². The van der Waals surface area contributed by atoms with Gasteiger partial charge in [-0.15, -0.1) is 0 Å². The second kappa shape index (κ2) is 12.2. The van der Waals surface area contributed by atoms with Gasteiger partial charge < -0.3 is 24.8 Å². The summed E-state index contributed by atoms with van der Waals surface area (Å²) in [5.41, 5.74) is 1.80. The molecule has 178 valence electrons. The predicted octanol–water partition coefficient (Wildman–Crippen LogP) is 4.77. The van der Waals surface area contributed by atoms with Crippen LogP contribution in [-0.4, -0.2) is 31.8 Å². The SMILES string of the molecule is COc1ccc(NC(=O)[C@H](Cc2ccccc2)NC(=O)OCc2ccccc2)cc1OC(F)F. The number of nitrogens with one attached hydrogen (secondary N) is 2. The molecule has 2 amide bonds. The van der Waals surface area contributed by atoms with Crippen LogP contribution >= 0.6 is 0 Å². The third-order valence-electron chi connectivity index (χ3n) is 4.75. The fourth-order valence-corrected chi connectivity index (χ4v) is 3.14. The molecular formula is C25H24F2N2O5. The van der Waals surface area contributed by atoms with Gasteiger partial charge in [0.15, 0.2) is 11.5 Å². The smallest absolute Gasteiger partial charge is 0.408 e. The summed E-state index contributed by atoms with van der Waals surface area (Å²) in [6.45, 7) is -3.02. The molecule has 0 aliphatic heterocycles. The molecule has 1 atom stereocenters. The Kier molecular flexibility index (Phi) is 8.79. The summed E-state index contributed by atoms with van der Waals surface area (Å²) in [5.74, 6) is -0.708. The third-order valence-corrected chi connectivity index (χ3v) is 4.75. The van der Waals surface area contributed by atoms with Gasteiger partial charge in [0.05, 0.1) is 7.11 Å². The Morgan fingerprint density at radius 3 is 2.15 bits per heavy atom. The minimum atomic E-state index is -3.06. The van der Waals surface area contributed by atoms with E-state index in [0.717, 1.165) is 11.1 Å². The summed E-state index contributed by atoms with van der Waals surface area (Å²) >= 11 is 0. The molecule has 7 nitrogen and oxygen atoms in total. The fourth-order valence-electron chi connectivity index (χ4n) is 3.14. The summed E-state index contributed by atoms with van der Waals surface area (Å²) in [5, 5.41) is 5.19. The first-order valence-corrected chi connectivity index (χ1v) is 10.4. The average molecular weight is 470 g/mol. The number of rotatable bonds is 10. The normalized spacial score (nSPS) is 11.4. The van der Waals surface area contributed by atoms with E-state index >= 15 is 0 Å². The van der Waals surface area contributed by atoms with Gasteiger partial charge in [0.2, 0.25) is 5.91 Å². The van der Waals surface area contributed by atoms with Crippen molar-refractivity contribution in [1.29, 1.82) is 0 Å². The number of ether oxygens (including phenoxy) is 3. The molecule has 3 aromatic carbocycles. The van der Waals surface area contributed by atoms with Crippen molar-refractivity contribution in [1.82, 2.24) is 5.32 Å². The number of amides is 2. The molecule has 0 bridgehead atoms. The van der Waals surface area contributed by atoms with Crippen LogP contribution in [0.1, 0.15) is 11.1 Å². The maximum Gasteiger partial charge on any atom is 0.408 e. The Hall–Kier alpha value is -4.14. The van der Waals surface area contributed by atoms with E-state index in [1.807, 2.05) is 60.7 Å². The van der Waals surface area contributed by atoms with E-state index in [1.165, 1.54) is 25.3 Å². The Morgan fingerprint density at radius 2 is 1.53 bits per heavy atom. The van der Waals surface area contributed by atoms with Crippen molar-refractivity contribution in [3.63, 3.8) is 0 Å². The zero-order valence-electron chi connectivity index (χ0n) is 18.4. The minimum absolute atomic E-state index is 0.0408. The number of methoxy groups -OCH3 is 1. The highest BCUT2D eigenvalue weighted by molar-refractivity contribution is 5.97. The summed E-state index contributed by atoms with van der Waals surface area (Å²) in [6.07, 6.45) is -0.583. The maximum absolute atomic E-state index is 13.0. The molecule has 0 aliphatic carbocycles. The Bertz CT molecular complexity index is 1080. The van der Waals surface area contributed by atoms with Gasteiger partial charge in [-0.3, -0.25) is 4.79 Å². The number of alkyl carbamates (subject to hydrolysis) is 1. The molecule has 3 rings (SSSR count). The molecule has 0 fully saturated rings. The number of hydrogen-bond donors (Lipinski definition) is 2. The van der Waals surface area contributed by atoms with Gasteiger partial charge in [0, 0.05) is 18.2 Å². The van der Waals surface area contributed by atoms with Gasteiger partial charge in [-0.25, -0.2) is 4.79 Å². The van der Waals surface area contributed by atoms with Crippen molar-refractivity contribution < 1.29 is 32.6 Å². The first kappa shape index (κ1) is 24.5. The van der Waals surface area contributed by atoms with E-state index in [-0.39, 0.29) is 30.2 Å². The third kappa shape index (κ3) is 7.47. The molecular weight excluding hydrogens is 446 g/mol. The standard InChI is InChI=1S/C25H24F2N2O5/c1-32-21-13-12-19(15-22(21)34-24(26)27)28-23(30)20(14-17-8-4-2-5-9-17)29-25(31)33-16-18-10-6-3-7-11-18/h2-13,15,20,24H,14,16H2,1H3,(H,28,30)(H,29,31)/t20-/m0/s1. The molecule has 9 heteroatoms. The monoisotopic (exact) mass is 470 g/mol. The molecule has 0 saturated heterocycles. The largest absolute Gasteiger partial charge is 0.493 e. The van der Waals surface area contributed by atoms with Gasteiger partial charge in [-0.2, -0.15) is 8.78 Å². The Labute approximate surface area is 195 Å². The number of benzene rings is 3. The highest BCUT2D eigenvalue weighted by atomic mass is 19.3. The molecule has 34 heavy (non-hydrogen) atoms. The van der Waals surface area contributed by atoms with Crippen molar-refractivity contribution in [2.75, 3.05) is 12.4 Å². The number of carbonyl (C=O) groups excluding carboxylic acids is 2. The van der Waals surface area contributed by atoms with E-state index in [0.29, 0.717) is 0 Å². The van der Waals surface area contributed by atoms with E-state index in [2.05, 4.69) is 15.4 Å². The number of carbonyl (C=O) groups is 2. The number of hydrogen-bond acceptors (Lipinski definition) is 5. The van der Waals surface area contributed by atoms with E-state index < -0.39 is 24.7 Å². The molecule has 0 radical (unpaired) electrons. The first-order valence-electron chi connectivity index (χ1n) is 10.4. The minimum Gasteiger partial charge on any atom is -0.493 e. The second-order valence-electron chi connectivity index (χ2n) is 7.18. The van der Waals surface area contributed by atoms with Crippen LogP contribution in [0, 0.1) is 0 Å². The van der Waals surface area contributed by atoms with Crippen LogP contribution in [0.25, 0.3) is 0 Å². The van der Waals surface area contributed by atoms with Gasteiger partial charge >= 0.3 is 12.7 Å². The lowest BCUT2D eigenvalue weighted by Crippen LogP contribution is -2.45. The zero-order valence-corrected chi connectivity index (χ0v) is 18.4. The topological polar surface area (TPSA) is 85.9 Å². The fraction of sp³-hybridized carbons (Fsp3) is 0.200. The summed E-state index contributed by atoms with van der Waals surface area (Å²) in [4.78, 5) is 25.4. The van der Waals surface area contributed by atoms with E-state index in [4.69, 9.17) is 9.47 Å². The van der Waals surface area contributed by atoms with Crippen LogP contribution in [0.15, 0.2) is 78.9 Å². The molecule has 0 aliphatic rings. The second-order valence-corrected chi connectivity index (χ2v) is 7.18. The lowest BCUT2D eigenvalue weighted by molar-refractivity contribution is -0.118. The zero-order chi connectivity index (χ0) is 24.3. The van der Waals surface area contributed by atoms with Crippen LogP contribution in [0.4, 0.5) is 19.3 Å². The van der Waals surface area contributed by atoms with Crippen molar-refractivity contribution in [3.8, 4) is 11.5 Å². The quantitative estimate of drug-likeness (QED) is 0.446. The van der Waals surface area contributed by atoms with Crippen molar-refractivity contribution >= 4 is 17.7 Å². The lowest BCUT2D eigenvalue weighted by atomic mass is 10.1. The molecule has 0 unspecified atom stereocenters. The first-order chi connectivity index (χ1) is 16.4. The van der Waals surface area contributed by atoms with Crippen LogP contribution in [-0.2, 0) is 22.6 Å². The highest BCUT2D eigenvalue weighted by Gasteiger charge is 2.23. The van der Waals surface area contributed by atoms with Crippen LogP contribution < -0.4 is 20.1 Å². The highest BCUT2D eigenvalue weighted by Crippen LogP contribution is 2.31. The van der Waals surface area contributed by atoms with Gasteiger partial charge in [-0.05, 0) is 23.3 Å². The van der Waals surface area contributed by atoms with Gasteiger partial charge in [0.1, 0.15) is 12.6 Å². The molecule has 0 saturated carbocycles. The molecule has 0 spiro atoms. The van der Waals surface area contributed by atoms with E-state index in [1.54, 1.807) is 0 Å². The summed E-state index contributed by atoms with van der Waals surface area (Å²) < 4.78 is 40.1. The summed E-state index contributed by atoms with van der Waals surface area (Å²) in [7, 11) is 1.31. The van der Waals surface area contributed by atoms with Crippen LogP contribution in [0.5, 0.6) is 11.5 Å². The number of alkyl halides is 2. The number of anilines is 1. The van der Waals surface area contributed by atoms with Crippen molar-refractivity contribution in [2.45, 2.75) is 25.7 Å².